The van der Waals surface area contributed by atoms with Gasteiger partial charge >= 0.3 is 0 Å². The summed E-state index contributed by atoms with van der Waals surface area (Å²) in [6.07, 6.45) is 3.89. The molecule has 1 aliphatic heterocycles. The van der Waals surface area contributed by atoms with Gasteiger partial charge in [-0.2, -0.15) is 0 Å². The number of benzene rings is 1. The molecule has 4 heteroatoms. The van der Waals surface area contributed by atoms with Gasteiger partial charge in [0.1, 0.15) is 5.75 Å². The summed E-state index contributed by atoms with van der Waals surface area (Å²) in [5.41, 5.74) is 7.32. The zero-order valence-electron chi connectivity index (χ0n) is 12.5. The number of amides is 1. The second-order valence-electron chi connectivity index (χ2n) is 5.17. The lowest BCUT2D eigenvalue weighted by molar-refractivity contribution is -0.131. The molecule has 0 unspecified atom stereocenters. The highest BCUT2D eigenvalue weighted by Crippen LogP contribution is 2.21. The van der Waals surface area contributed by atoms with E-state index in [-0.39, 0.29) is 5.91 Å². The van der Waals surface area contributed by atoms with Crippen LogP contribution in [0.25, 0.3) is 0 Å². The Balaban J connectivity index is 2.17. The second kappa shape index (κ2) is 7.70. The van der Waals surface area contributed by atoms with Gasteiger partial charge < -0.3 is 15.4 Å². The van der Waals surface area contributed by atoms with Gasteiger partial charge in [0.25, 0.3) is 0 Å². The molecule has 0 atom stereocenters. The van der Waals surface area contributed by atoms with Crippen molar-refractivity contribution >= 4 is 5.91 Å². The molecule has 1 fully saturated rings. The third kappa shape index (κ3) is 4.24. The Morgan fingerprint density at radius 2 is 2.19 bits per heavy atom. The van der Waals surface area contributed by atoms with Crippen LogP contribution < -0.4 is 10.5 Å². The van der Waals surface area contributed by atoms with Crippen molar-refractivity contribution in [3.63, 3.8) is 0 Å². The highest BCUT2D eigenvalue weighted by atomic mass is 16.5. The van der Waals surface area contributed by atoms with Crippen molar-refractivity contribution in [3.8, 4) is 17.6 Å². The average Bonchev–Trinajstić information content (AvgIpc) is 2.70. The number of methoxy groups -OCH3 is 1. The summed E-state index contributed by atoms with van der Waals surface area (Å²) >= 11 is 0. The fraction of sp³-hybridized carbons (Fsp3) is 0.471. The third-order valence-corrected chi connectivity index (χ3v) is 3.63. The topological polar surface area (TPSA) is 55.6 Å². The lowest BCUT2D eigenvalue weighted by Gasteiger charge is -2.21. The molecule has 2 rings (SSSR count). The van der Waals surface area contributed by atoms with Gasteiger partial charge in [-0.15, -0.1) is 0 Å². The van der Waals surface area contributed by atoms with E-state index in [1.54, 1.807) is 7.11 Å². The number of hydrogen-bond donors (Lipinski definition) is 1. The first-order valence-electron chi connectivity index (χ1n) is 7.38. The van der Waals surface area contributed by atoms with Gasteiger partial charge in [-0.1, -0.05) is 24.3 Å². The molecule has 0 radical (unpaired) electrons. The summed E-state index contributed by atoms with van der Waals surface area (Å²) in [7, 11) is 1.63. The Labute approximate surface area is 126 Å². The Morgan fingerprint density at radius 3 is 2.95 bits per heavy atom. The van der Waals surface area contributed by atoms with Gasteiger partial charge in [0, 0.05) is 19.5 Å². The van der Waals surface area contributed by atoms with Crippen molar-refractivity contribution in [2.75, 3.05) is 20.2 Å². The maximum atomic E-state index is 12.1. The summed E-state index contributed by atoms with van der Waals surface area (Å²) in [4.78, 5) is 14.0. The first-order chi connectivity index (χ1) is 10.2. The SMILES string of the molecule is COc1ccc(CN2CCCCCC2=O)cc1C#CCN. The Morgan fingerprint density at radius 1 is 1.33 bits per heavy atom. The lowest BCUT2D eigenvalue weighted by Crippen LogP contribution is -2.29. The minimum absolute atomic E-state index is 0.248. The molecule has 1 aromatic carbocycles. The number of rotatable bonds is 3. The molecule has 112 valence electrons. The molecule has 1 amide bonds. The number of likely N-dealkylation sites (tertiary alicyclic amines) is 1. The standard InChI is InChI=1S/C17H22N2O2/c1-21-16-9-8-14(12-15(16)6-5-10-18)13-19-11-4-2-3-7-17(19)20/h8-9,12H,2-4,7,10-11,13,18H2,1H3. The summed E-state index contributed by atoms with van der Waals surface area (Å²) in [6.45, 7) is 1.80. The van der Waals surface area contributed by atoms with Crippen LogP contribution in [-0.4, -0.2) is 31.0 Å². The predicted molar refractivity (Wildman–Crippen MR) is 82.8 cm³/mol. The highest BCUT2D eigenvalue weighted by molar-refractivity contribution is 5.76. The predicted octanol–water partition coefficient (Wildman–Crippen LogP) is 1.91. The smallest absolute Gasteiger partial charge is 0.222 e. The normalized spacial score (nSPS) is 15.1. The number of hydrogen-bond acceptors (Lipinski definition) is 3. The van der Waals surface area contributed by atoms with Crippen LogP contribution in [0.5, 0.6) is 5.75 Å². The van der Waals surface area contributed by atoms with Gasteiger partial charge in [0.2, 0.25) is 5.91 Å². The van der Waals surface area contributed by atoms with Gasteiger partial charge in [-0.25, -0.2) is 0 Å². The van der Waals surface area contributed by atoms with Crippen LogP contribution >= 0.6 is 0 Å². The molecule has 0 aromatic heterocycles. The van der Waals surface area contributed by atoms with Crippen molar-refractivity contribution < 1.29 is 9.53 Å². The van der Waals surface area contributed by atoms with Gasteiger partial charge in [0.05, 0.1) is 19.2 Å². The zero-order valence-corrected chi connectivity index (χ0v) is 12.5. The number of nitrogens with zero attached hydrogens (tertiary/aromatic N) is 1. The number of carbonyl (C=O) groups excluding carboxylic acids is 1. The highest BCUT2D eigenvalue weighted by Gasteiger charge is 2.17. The van der Waals surface area contributed by atoms with Gasteiger partial charge in [0.15, 0.2) is 0 Å². The summed E-state index contributed by atoms with van der Waals surface area (Å²) < 4.78 is 5.30. The molecular weight excluding hydrogens is 264 g/mol. The molecule has 0 aliphatic carbocycles. The monoisotopic (exact) mass is 286 g/mol. The van der Waals surface area contributed by atoms with Crippen LogP contribution in [0.4, 0.5) is 0 Å². The minimum atomic E-state index is 0.248. The second-order valence-corrected chi connectivity index (χ2v) is 5.17. The van der Waals surface area contributed by atoms with Crippen molar-refractivity contribution in [1.29, 1.82) is 0 Å². The fourth-order valence-corrected chi connectivity index (χ4v) is 2.52. The molecule has 1 saturated heterocycles. The van der Waals surface area contributed by atoms with Crippen molar-refractivity contribution in [3.05, 3.63) is 29.3 Å². The maximum Gasteiger partial charge on any atom is 0.222 e. The van der Waals surface area contributed by atoms with E-state index < -0.39 is 0 Å². The van der Waals surface area contributed by atoms with Crippen molar-refractivity contribution in [1.82, 2.24) is 4.90 Å². The van der Waals surface area contributed by atoms with E-state index in [2.05, 4.69) is 11.8 Å². The minimum Gasteiger partial charge on any atom is -0.495 e. The summed E-state index contributed by atoms with van der Waals surface area (Å²) in [5.74, 6) is 6.85. The number of carbonyl (C=O) groups is 1. The van der Waals surface area contributed by atoms with E-state index in [4.69, 9.17) is 10.5 Å². The van der Waals surface area contributed by atoms with E-state index in [0.29, 0.717) is 19.5 Å². The first-order valence-corrected chi connectivity index (χ1v) is 7.38. The molecule has 0 spiro atoms. The lowest BCUT2D eigenvalue weighted by atomic mass is 10.1. The van der Waals surface area contributed by atoms with E-state index >= 15 is 0 Å². The molecule has 1 aromatic rings. The van der Waals surface area contributed by atoms with E-state index in [1.165, 1.54) is 0 Å². The first kappa shape index (κ1) is 15.4. The van der Waals surface area contributed by atoms with E-state index in [0.717, 1.165) is 42.7 Å². The molecule has 2 N–H and O–H groups in total. The molecule has 0 bridgehead atoms. The van der Waals surface area contributed by atoms with Gasteiger partial charge in [-0.3, -0.25) is 4.79 Å². The van der Waals surface area contributed by atoms with Crippen LogP contribution in [0, 0.1) is 11.8 Å². The molecule has 21 heavy (non-hydrogen) atoms. The van der Waals surface area contributed by atoms with E-state index in [9.17, 15) is 4.79 Å². The quantitative estimate of drug-likeness (QED) is 0.864. The largest absolute Gasteiger partial charge is 0.495 e. The molecule has 4 nitrogen and oxygen atoms in total. The fourth-order valence-electron chi connectivity index (χ4n) is 2.52. The van der Waals surface area contributed by atoms with Crippen LogP contribution in [0.15, 0.2) is 18.2 Å². The summed E-state index contributed by atoms with van der Waals surface area (Å²) in [6, 6.07) is 5.88. The van der Waals surface area contributed by atoms with Crippen LogP contribution in [-0.2, 0) is 11.3 Å². The number of ether oxygens (including phenoxy) is 1. The van der Waals surface area contributed by atoms with Gasteiger partial charge in [-0.05, 0) is 30.5 Å². The Hall–Kier alpha value is -1.99. The third-order valence-electron chi connectivity index (χ3n) is 3.63. The molecule has 0 saturated carbocycles. The molecule has 1 heterocycles. The van der Waals surface area contributed by atoms with Crippen molar-refractivity contribution in [2.24, 2.45) is 5.73 Å². The van der Waals surface area contributed by atoms with Crippen LogP contribution in [0.1, 0.15) is 36.8 Å². The van der Waals surface area contributed by atoms with Crippen molar-refractivity contribution in [2.45, 2.75) is 32.2 Å². The Bertz CT molecular complexity index is 558. The number of nitrogens with two attached hydrogens (primary N) is 1. The maximum absolute atomic E-state index is 12.1. The van der Waals surface area contributed by atoms with Crippen LogP contribution in [0.2, 0.25) is 0 Å². The average molecular weight is 286 g/mol. The van der Waals surface area contributed by atoms with Crippen LogP contribution in [0.3, 0.4) is 0 Å². The van der Waals surface area contributed by atoms with E-state index in [1.807, 2.05) is 23.1 Å². The molecular formula is C17H22N2O2. The zero-order chi connectivity index (χ0) is 15.1. The molecule has 1 aliphatic rings. The summed E-state index contributed by atoms with van der Waals surface area (Å²) in [5, 5.41) is 0. The Kier molecular flexibility index (Phi) is 5.65.